The molecule has 0 unspecified atom stereocenters. The van der Waals surface area contributed by atoms with Gasteiger partial charge < -0.3 is 15.4 Å². The second-order valence-corrected chi connectivity index (χ2v) is 8.43. The first-order valence-corrected chi connectivity index (χ1v) is 9.37. The quantitative estimate of drug-likeness (QED) is 0.580. The summed E-state index contributed by atoms with van der Waals surface area (Å²) in [5, 5.41) is 5.51. The third kappa shape index (κ3) is 5.44. The van der Waals surface area contributed by atoms with Gasteiger partial charge in [-0.2, -0.15) is 0 Å². The van der Waals surface area contributed by atoms with Crippen molar-refractivity contribution >= 4 is 29.2 Å². The van der Waals surface area contributed by atoms with Crippen molar-refractivity contribution in [3.63, 3.8) is 0 Å². The van der Waals surface area contributed by atoms with Crippen molar-refractivity contribution in [1.82, 2.24) is 0 Å². The highest BCUT2D eigenvalue weighted by atomic mass is 16.5. The van der Waals surface area contributed by atoms with Crippen molar-refractivity contribution in [3.05, 3.63) is 59.7 Å². The maximum absolute atomic E-state index is 12.7. The topological polar surface area (TPSA) is 84.5 Å². The van der Waals surface area contributed by atoms with Gasteiger partial charge in [-0.3, -0.25) is 9.59 Å². The normalized spacial score (nSPS) is 11.5. The van der Waals surface area contributed by atoms with Crippen LogP contribution >= 0.6 is 0 Å². The molecule has 154 valence electrons. The molecule has 29 heavy (non-hydrogen) atoms. The largest absolute Gasteiger partial charge is 0.465 e. The maximum atomic E-state index is 12.7. The molecule has 6 nitrogen and oxygen atoms in total. The SMILES string of the molecule is COC(=O)c1ccc(NC(=O)C(C)(C)C(=O)Nc2ccc(C(C)(C)C)cc2)cc1. The number of carbonyl (C=O) groups is 3. The van der Waals surface area contributed by atoms with Crippen molar-refractivity contribution < 1.29 is 19.1 Å². The number of carbonyl (C=O) groups excluding carboxylic acids is 3. The molecule has 0 heterocycles. The number of rotatable bonds is 5. The fourth-order valence-corrected chi connectivity index (χ4v) is 2.54. The molecule has 2 amide bonds. The molecule has 2 aromatic rings. The summed E-state index contributed by atoms with van der Waals surface area (Å²) in [7, 11) is 1.30. The first-order chi connectivity index (χ1) is 13.4. The van der Waals surface area contributed by atoms with E-state index in [-0.39, 0.29) is 5.41 Å². The van der Waals surface area contributed by atoms with Crippen molar-refractivity contribution in [2.45, 2.75) is 40.0 Å². The van der Waals surface area contributed by atoms with Gasteiger partial charge in [-0.25, -0.2) is 4.79 Å². The summed E-state index contributed by atoms with van der Waals surface area (Å²) < 4.78 is 4.65. The first-order valence-electron chi connectivity index (χ1n) is 9.37. The summed E-state index contributed by atoms with van der Waals surface area (Å²) in [5.41, 5.74) is 1.36. The van der Waals surface area contributed by atoms with Gasteiger partial charge in [0.1, 0.15) is 5.41 Å². The minimum absolute atomic E-state index is 0.0190. The van der Waals surface area contributed by atoms with E-state index < -0.39 is 23.2 Å². The Labute approximate surface area is 171 Å². The lowest BCUT2D eigenvalue weighted by molar-refractivity contribution is -0.135. The number of benzene rings is 2. The number of hydrogen-bond donors (Lipinski definition) is 2. The zero-order chi connectivity index (χ0) is 21.8. The van der Waals surface area contributed by atoms with E-state index in [1.54, 1.807) is 38.1 Å². The van der Waals surface area contributed by atoms with E-state index in [2.05, 4.69) is 36.1 Å². The smallest absolute Gasteiger partial charge is 0.337 e. The van der Waals surface area contributed by atoms with E-state index >= 15 is 0 Å². The zero-order valence-corrected chi connectivity index (χ0v) is 17.8. The van der Waals surface area contributed by atoms with Gasteiger partial charge in [-0.1, -0.05) is 32.9 Å². The minimum atomic E-state index is -1.30. The van der Waals surface area contributed by atoms with Crippen LogP contribution in [0.2, 0.25) is 0 Å². The molecule has 2 aromatic carbocycles. The number of ether oxygens (including phenoxy) is 1. The fraction of sp³-hybridized carbons (Fsp3) is 0.348. The summed E-state index contributed by atoms with van der Waals surface area (Å²) in [6.07, 6.45) is 0. The van der Waals surface area contributed by atoms with Crippen LogP contribution in [0.15, 0.2) is 48.5 Å². The van der Waals surface area contributed by atoms with Gasteiger partial charge in [0.25, 0.3) is 0 Å². The van der Waals surface area contributed by atoms with Crippen molar-refractivity contribution in [3.8, 4) is 0 Å². The Morgan fingerprint density at radius 3 is 1.52 bits per heavy atom. The first kappa shape index (κ1) is 22.1. The lowest BCUT2D eigenvalue weighted by Gasteiger charge is -2.23. The van der Waals surface area contributed by atoms with Gasteiger partial charge in [0.15, 0.2) is 0 Å². The molecule has 2 rings (SSSR count). The van der Waals surface area contributed by atoms with Crippen LogP contribution in [0, 0.1) is 5.41 Å². The van der Waals surface area contributed by atoms with Crippen LogP contribution in [0.3, 0.4) is 0 Å². The molecule has 0 bridgehead atoms. The van der Waals surface area contributed by atoms with Crippen LogP contribution in [0.5, 0.6) is 0 Å². The molecule has 0 atom stereocenters. The Morgan fingerprint density at radius 1 is 0.724 bits per heavy atom. The summed E-state index contributed by atoms with van der Waals surface area (Å²) >= 11 is 0. The molecule has 0 saturated carbocycles. The predicted molar refractivity (Wildman–Crippen MR) is 114 cm³/mol. The molecule has 0 spiro atoms. The van der Waals surface area contributed by atoms with Crippen LogP contribution in [-0.2, 0) is 19.7 Å². The molecule has 0 aromatic heterocycles. The van der Waals surface area contributed by atoms with E-state index in [9.17, 15) is 14.4 Å². The lowest BCUT2D eigenvalue weighted by Crippen LogP contribution is -2.41. The van der Waals surface area contributed by atoms with Gasteiger partial charge in [0.05, 0.1) is 12.7 Å². The van der Waals surface area contributed by atoms with E-state index in [0.29, 0.717) is 16.9 Å². The van der Waals surface area contributed by atoms with E-state index in [0.717, 1.165) is 5.56 Å². The Morgan fingerprint density at radius 2 is 1.14 bits per heavy atom. The molecule has 0 aliphatic heterocycles. The zero-order valence-electron chi connectivity index (χ0n) is 17.8. The highest BCUT2D eigenvalue weighted by molar-refractivity contribution is 6.14. The van der Waals surface area contributed by atoms with Gasteiger partial charge in [-0.05, 0) is 61.2 Å². The average Bonchev–Trinajstić information content (AvgIpc) is 2.67. The number of amides is 2. The number of methoxy groups -OCH3 is 1. The monoisotopic (exact) mass is 396 g/mol. The Kier molecular flexibility index (Phi) is 6.47. The molecule has 0 radical (unpaired) electrons. The molecule has 0 aliphatic carbocycles. The van der Waals surface area contributed by atoms with E-state index in [1.165, 1.54) is 7.11 Å². The second kappa shape index (κ2) is 8.47. The third-order valence-corrected chi connectivity index (χ3v) is 4.71. The van der Waals surface area contributed by atoms with Crippen LogP contribution < -0.4 is 10.6 Å². The van der Waals surface area contributed by atoms with Gasteiger partial charge in [-0.15, -0.1) is 0 Å². The fourth-order valence-electron chi connectivity index (χ4n) is 2.54. The van der Waals surface area contributed by atoms with E-state index in [1.807, 2.05) is 24.3 Å². The Balaban J connectivity index is 2.05. The van der Waals surface area contributed by atoms with E-state index in [4.69, 9.17) is 0 Å². The van der Waals surface area contributed by atoms with Crippen molar-refractivity contribution in [2.24, 2.45) is 5.41 Å². The van der Waals surface area contributed by atoms with Crippen LogP contribution in [0.4, 0.5) is 11.4 Å². The van der Waals surface area contributed by atoms with Crippen LogP contribution in [-0.4, -0.2) is 24.9 Å². The number of esters is 1. The van der Waals surface area contributed by atoms with Crippen molar-refractivity contribution in [2.75, 3.05) is 17.7 Å². The molecular formula is C23H28N2O4. The molecule has 6 heteroatoms. The maximum Gasteiger partial charge on any atom is 0.337 e. The average molecular weight is 396 g/mol. The Bertz CT molecular complexity index is 892. The van der Waals surface area contributed by atoms with Crippen LogP contribution in [0.25, 0.3) is 0 Å². The van der Waals surface area contributed by atoms with Gasteiger partial charge in [0.2, 0.25) is 11.8 Å². The van der Waals surface area contributed by atoms with Gasteiger partial charge in [0, 0.05) is 11.4 Å². The summed E-state index contributed by atoms with van der Waals surface area (Å²) in [5.74, 6) is -1.32. The molecule has 0 fully saturated rings. The second-order valence-electron chi connectivity index (χ2n) is 8.43. The highest BCUT2D eigenvalue weighted by Crippen LogP contribution is 2.25. The summed E-state index contributed by atoms with van der Waals surface area (Å²) in [4.78, 5) is 36.8. The number of anilines is 2. The predicted octanol–water partition coefficient (Wildman–Crippen LogP) is 4.37. The minimum Gasteiger partial charge on any atom is -0.465 e. The number of nitrogens with one attached hydrogen (secondary N) is 2. The molecule has 0 aliphatic rings. The van der Waals surface area contributed by atoms with Gasteiger partial charge >= 0.3 is 5.97 Å². The van der Waals surface area contributed by atoms with Crippen LogP contribution in [0.1, 0.15) is 50.5 Å². The lowest BCUT2D eigenvalue weighted by atomic mass is 9.87. The standard InChI is InChI=1S/C23H28N2O4/c1-22(2,3)16-9-13-18(14-10-16)25-21(28)23(4,5)20(27)24-17-11-7-15(8-12-17)19(26)29-6/h7-14H,1-6H3,(H,24,27)(H,25,28). The van der Waals surface area contributed by atoms with Crippen molar-refractivity contribution in [1.29, 1.82) is 0 Å². The summed E-state index contributed by atoms with van der Waals surface area (Å²) in [6, 6.07) is 13.9. The summed E-state index contributed by atoms with van der Waals surface area (Å²) in [6.45, 7) is 9.47. The third-order valence-electron chi connectivity index (χ3n) is 4.71. The Hall–Kier alpha value is -3.15. The molecule has 2 N–H and O–H groups in total. The molecular weight excluding hydrogens is 368 g/mol. The highest BCUT2D eigenvalue weighted by Gasteiger charge is 2.36. The molecule has 0 saturated heterocycles. The number of hydrogen-bond acceptors (Lipinski definition) is 4.